The molecule has 4 nitrogen and oxygen atoms in total. The third-order valence-electron chi connectivity index (χ3n) is 2.37. The Bertz CT molecular complexity index is 278. The molecular weight excluding hydrogens is 154 g/mol. The molecule has 1 fully saturated rings. The fourth-order valence-corrected chi connectivity index (χ4v) is 1.14. The molecule has 4 heteroatoms. The summed E-state index contributed by atoms with van der Waals surface area (Å²) >= 11 is 0. The van der Waals surface area contributed by atoms with E-state index in [1.54, 1.807) is 0 Å². The number of nitrogens with two attached hydrogens (primary N) is 1. The minimum absolute atomic E-state index is 0.205. The van der Waals surface area contributed by atoms with Gasteiger partial charge in [0.1, 0.15) is 0 Å². The second-order valence-electron chi connectivity index (χ2n) is 3.61. The molecule has 2 N–H and O–H groups in total. The van der Waals surface area contributed by atoms with Gasteiger partial charge in [-0.05, 0) is 12.8 Å². The van der Waals surface area contributed by atoms with Crippen molar-refractivity contribution in [2.45, 2.75) is 31.6 Å². The Balaban J connectivity index is 2.13. The van der Waals surface area contributed by atoms with E-state index >= 15 is 0 Å². The summed E-state index contributed by atoms with van der Waals surface area (Å²) in [4.78, 5) is 4.28. The van der Waals surface area contributed by atoms with Crippen LogP contribution in [-0.2, 0) is 11.8 Å². The minimum atomic E-state index is 0.205. The van der Waals surface area contributed by atoms with E-state index in [1.165, 1.54) is 12.8 Å². The Kier molecular flexibility index (Phi) is 1.65. The zero-order valence-corrected chi connectivity index (χ0v) is 7.21. The summed E-state index contributed by atoms with van der Waals surface area (Å²) in [5.41, 5.74) is 5.57. The van der Waals surface area contributed by atoms with E-state index in [9.17, 15) is 0 Å². The van der Waals surface area contributed by atoms with E-state index in [2.05, 4.69) is 17.1 Å². The largest absolute Gasteiger partial charge is 0.339 e. The molecule has 0 aromatic carbocycles. The van der Waals surface area contributed by atoms with E-state index in [4.69, 9.17) is 10.3 Å². The second-order valence-corrected chi connectivity index (χ2v) is 3.61. The van der Waals surface area contributed by atoms with Crippen LogP contribution in [0.2, 0.25) is 0 Å². The fraction of sp³-hybridized carbons (Fsp3) is 0.750. The SMILES string of the molecule is CC1(c2noc(CCN)n2)CC1. The molecule has 0 amide bonds. The van der Waals surface area contributed by atoms with Gasteiger partial charge in [-0.25, -0.2) is 0 Å². The van der Waals surface area contributed by atoms with Crippen LogP contribution in [0, 0.1) is 0 Å². The second kappa shape index (κ2) is 2.55. The highest BCUT2D eigenvalue weighted by Gasteiger charge is 2.43. The van der Waals surface area contributed by atoms with Crippen molar-refractivity contribution in [3.63, 3.8) is 0 Å². The van der Waals surface area contributed by atoms with Gasteiger partial charge in [-0.15, -0.1) is 0 Å². The standard InChI is InChI=1S/C8H13N3O/c1-8(3-4-8)7-10-6(2-5-9)12-11-7/h2-5,9H2,1H3. The van der Waals surface area contributed by atoms with E-state index in [0.717, 1.165) is 5.82 Å². The molecular formula is C8H13N3O. The fourth-order valence-electron chi connectivity index (χ4n) is 1.14. The molecule has 0 bridgehead atoms. The maximum absolute atomic E-state index is 5.37. The van der Waals surface area contributed by atoms with Crippen LogP contribution in [0.3, 0.4) is 0 Å². The molecule has 66 valence electrons. The topological polar surface area (TPSA) is 64.9 Å². The normalized spacial score (nSPS) is 19.5. The Morgan fingerprint density at radius 2 is 2.33 bits per heavy atom. The number of hydrogen-bond donors (Lipinski definition) is 1. The van der Waals surface area contributed by atoms with Gasteiger partial charge in [-0.1, -0.05) is 12.1 Å². The Hall–Kier alpha value is -0.900. The monoisotopic (exact) mass is 167 g/mol. The molecule has 0 spiro atoms. The highest BCUT2D eigenvalue weighted by molar-refractivity contribution is 5.14. The molecule has 1 saturated carbocycles. The number of rotatable bonds is 3. The predicted molar refractivity (Wildman–Crippen MR) is 43.6 cm³/mol. The van der Waals surface area contributed by atoms with Gasteiger partial charge in [0.15, 0.2) is 5.82 Å². The van der Waals surface area contributed by atoms with Gasteiger partial charge in [0.05, 0.1) is 0 Å². The van der Waals surface area contributed by atoms with Crippen molar-refractivity contribution in [3.8, 4) is 0 Å². The van der Waals surface area contributed by atoms with E-state index in [-0.39, 0.29) is 5.41 Å². The third-order valence-corrected chi connectivity index (χ3v) is 2.37. The van der Waals surface area contributed by atoms with Gasteiger partial charge in [0.2, 0.25) is 5.89 Å². The summed E-state index contributed by atoms with van der Waals surface area (Å²) in [6, 6.07) is 0. The first-order chi connectivity index (χ1) is 5.74. The molecule has 1 heterocycles. The minimum Gasteiger partial charge on any atom is -0.339 e. The Labute approximate surface area is 71.1 Å². The Morgan fingerprint density at radius 1 is 1.58 bits per heavy atom. The summed E-state index contributed by atoms with van der Waals surface area (Å²) in [6.07, 6.45) is 3.03. The van der Waals surface area contributed by atoms with Gasteiger partial charge < -0.3 is 10.3 Å². The quantitative estimate of drug-likeness (QED) is 0.716. The zero-order chi connectivity index (χ0) is 8.60. The van der Waals surface area contributed by atoms with Gasteiger partial charge in [-0.2, -0.15) is 4.98 Å². The lowest BCUT2D eigenvalue weighted by Gasteiger charge is -1.96. The van der Waals surface area contributed by atoms with Crippen molar-refractivity contribution in [1.29, 1.82) is 0 Å². The first kappa shape index (κ1) is 7.73. The van der Waals surface area contributed by atoms with Crippen molar-refractivity contribution < 1.29 is 4.52 Å². The van der Waals surface area contributed by atoms with Gasteiger partial charge in [0, 0.05) is 18.4 Å². The van der Waals surface area contributed by atoms with Crippen molar-refractivity contribution in [1.82, 2.24) is 10.1 Å². The van der Waals surface area contributed by atoms with Crippen LogP contribution in [0.1, 0.15) is 31.5 Å². The molecule has 1 aliphatic rings. The van der Waals surface area contributed by atoms with Crippen LogP contribution in [0.25, 0.3) is 0 Å². The molecule has 0 aliphatic heterocycles. The summed E-state index contributed by atoms with van der Waals surface area (Å²) in [6.45, 7) is 2.72. The lowest BCUT2D eigenvalue weighted by molar-refractivity contribution is 0.370. The Morgan fingerprint density at radius 3 is 2.92 bits per heavy atom. The van der Waals surface area contributed by atoms with Crippen LogP contribution in [-0.4, -0.2) is 16.7 Å². The summed E-state index contributed by atoms with van der Waals surface area (Å²) in [7, 11) is 0. The third kappa shape index (κ3) is 1.22. The molecule has 2 rings (SSSR count). The van der Waals surface area contributed by atoms with E-state index < -0.39 is 0 Å². The van der Waals surface area contributed by atoms with Crippen LogP contribution in [0.5, 0.6) is 0 Å². The maximum atomic E-state index is 5.37. The smallest absolute Gasteiger partial charge is 0.227 e. The zero-order valence-electron chi connectivity index (χ0n) is 7.21. The molecule has 1 aliphatic carbocycles. The van der Waals surface area contributed by atoms with Crippen LogP contribution < -0.4 is 5.73 Å². The first-order valence-electron chi connectivity index (χ1n) is 4.28. The molecule has 1 aromatic heterocycles. The highest BCUT2D eigenvalue weighted by Crippen LogP contribution is 2.45. The van der Waals surface area contributed by atoms with Crippen molar-refractivity contribution >= 4 is 0 Å². The molecule has 0 atom stereocenters. The summed E-state index contributed by atoms with van der Waals surface area (Å²) in [5.74, 6) is 1.52. The lowest BCUT2D eigenvalue weighted by Crippen LogP contribution is -2.05. The van der Waals surface area contributed by atoms with Crippen LogP contribution in [0.4, 0.5) is 0 Å². The van der Waals surface area contributed by atoms with Gasteiger partial charge in [0.25, 0.3) is 0 Å². The van der Waals surface area contributed by atoms with Crippen LogP contribution >= 0.6 is 0 Å². The summed E-state index contributed by atoms with van der Waals surface area (Å²) in [5, 5.41) is 3.93. The average Bonchev–Trinajstić information content (AvgIpc) is 2.64. The summed E-state index contributed by atoms with van der Waals surface area (Å²) < 4.78 is 5.03. The van der Waals surface area contributed by atoms with Crippen molar-refractivity contribution in [2.75, 3.05) is 6.54 Å². The van der Waals surface area contributed by atoms with E-state index in [1.807, 2.05) is 0 Å². The molecule has 0 saturated heterocycles. The van der Waals surface area contributed by atoms with E-state index in [0.29, 0.717) is 18.9 Å². The van der Waals surface area contributed by atoms with Crippen molar-refractivity contribution in [3.05, 3.63) is 11.7 Å². The van der Waals surface area contributed by atoms with Gasteiger partial charge >= 0.3 is 0 Å². The van der Waals surface area contributed by atoms with Crippen LogP contribution in [0.15, 0.2) is 4.52 Å². The maximum Gasteiger partial charge on any atom is 0.227 e. The molecule has 1 aromatic rings. The molecule has 12 heavy (non-hydrogen) atoms. The van der Waals surface area contributed by atoms with Gasteiger partial charge in [-0.3, -0.25) is 0 Å². The van der Waals surface area contributed by atoms with Crippen molar-refractivity contribution in [2.24, 2.45) is 5.73 Å². The predicted octanol–water partition coefficient (Wildman–Crippen LogP) is 0.622. The highest BCUT2D eigenvalue weighted by atomic mass is 16.5. The lowest BCUT2D eigenvalue weighted by atomic mass is 10.1. The number of nitrogens with zero attached hydrogens (tertiary/aromatic N) is 2. The number of aromatic nitrogens is 2. The first-order valence-corrected chi connectivity index (χ1v) is 4.28. The molecule has 0 unspecified atom stereocenters. The molecule has 0 radical (unpaired) electrons. The number of hydrogen-bond acceptors (Lipinski definition) is 4. The average molecular weight is 167 g/mol.